The van der Waals surface area contributed by atoms with Gasteiger partial charge in [0.2, 0.25) is 5.82 Å². The summed E-state index contributed by atoms with van der Waals surface area (Å²) in [5, 5.41) is 12.1. The van der Waals surface area contributed by atoms with Crippen LogP contribution >= 0.6 is 0 Å². The SMILES string of the molecule is c1ccc(-c2nnnn2CC2CCC3(CCCCC3)O2)nc1. The topological polar surface area (TPSA) is 65.7 Å². The molecule has 0 aromatic carbocycles. The Balaban J connectivity index is 1.48. The standard InChI is InChI=1S/C16H21N5O/c1-3-8-16(9-4-1)10-7-13(22-16)12-21-15(18-19-20-21)14-6-2-5-11-17-14/h2,5-6,11,13H,1,3-4,7-10,12H2. The van der Waals surface area contributed by atoms with E-state index in [1.54, 1.807) is 6.20 Å². The first kappa shape index (κ1) is 13.8. The van der Waals surface area contributed by atoms with Crippen molar-refractivity contribution in [3.63, 3.8) is 0 Å². The van der Waals surface area contributed by atoms with Crippen molar-refractivity contribution in [1.29, 1.82) is 0 Å². The zero-order valence-corrected chi connectivity index (χ0v) is 12.7. The molecule has 1 spiro atoms. The van der Waals surface area contributed by atoms with Crippen LogP contribution in [0.3, 0.4) is 0 Å². The third-order valence-corrected chi connectivity index (χ3v) is 4.91. The average Bonchev–Trinajstić information content (AvgIpc) is 3.17. The molecule has 2 fully saturated rings. The summed E-state index contributed by atoms with van der Waals surface area (Å²) in [6.45, 7) is 0.709. The van der Waals surface area contributed by atoms with E-state index in [9.17, 15) is 0 Å². The van der Waals surface area contributed by atoms with Gasteiger partial charge in [0.1, 0.15) is 5.69 Å². The highest BCUT2D eigenvalue weighted by Gasteiger charge is 2.41. The largest absolute Gasteiger partial charge is 0.370 e. The van der Waals surface area contributed by atoms with E-state index < -0.39 is 0 Å². The first-order chi connectivity index (χ1) is 10.8. The molecule has 0 amide bonds. The minimum Gasteiger partial charge on any atom is -0.370 e. The molecule has 1 saturated carbocycles. The molecule has 22 heavy (non-hydrogen) atoms. The summed E-state index contributed by atoms with van der Waals surface area (Å²) in [6, 6.07) is 5.77. The van der Waals surface area contributed by atoms with Gasteiger partial charge in [-0.2, -0.15) is 0 Å². The second-order valence-electron chi connectivity index (χ2n) is 6.42. The number of nitrogens with zero attached hydrogens (tertiary/aromatic N) is 5. The van der Waals surface area contributed by atoms with Crippen LogP contribution in [0.15, 0.2) is 24.4 Å². The fraction of sp³-hybridized carbons (Fsp3) is 0.625. The molecule has 116 valence electrons. The Hall–Kier alpha value is -1.82. The highest BCUT2D eigenvalue weighted by atomic mass is 16.5. The van der Waals surface area contributed by atoms with Gasteiger partial charge in [0.25, 0.3) is 0 Å². The lowest BCUT2D eigenvalue weighted by molar-refractivity contribution is -0.0688. The summed E-state index contributed by atoms with van der Waals surface area (Å²) in [5.74, 6) is 0.716. The van der Waals surface area contributed by atoms with Gasteiger partial charge in [0.05, 0.1) is 18.2 Å². The third kappa shape index (κ3) is 2.63. The molecule has 1 atom stereocenters. The summed E-state index contributed by atoms with van der Waals surface area (Å²) < 4.78 is 8.25. The van der Waals surface area contributed by atoms with E-state index in [2.05, 4.69) is 20.5 Å². The van der Waals surface area contributed by atoms with Gasteiger partial charge in [-0.05, 0) is 48.2 Å². The van der Waals surface area contributed by atoms with Crippen LogP contribution in [-0.2, 0) is 11.3 Å². The molecular formula is C16H21N5O. The molecule has 0 bridgehead atoms. The van der Waals surface area contributed by atoms with E-state index >= 15 is 0 Å². The molecule has 1 unspecified atom stereocenters. The maximum Gasteiger partial charge on any atom is 0.200 e. The lowest BCUT2D eigenvalue weighted by atomic mass is 9.83. The monoisotopic (exact) mass is 299 g/mol. The van der Waals surface area contributed by atoms with Crippen LogP contribution in [0, 0.1) is 0 Å². The van der Waals surface area contributed by atoms with Crippen LogP contribution in [0.5, 0.6) is 0 Å². The average molecular weight is 299 g/mol. The van der Waals surface area contributed by atoms with Gasteiger partial charge in [-0.3, -0.25) is 4.98 Å². The summed E-state index contributed by atoms with van der Waals surface area (Å²) in [6.07, 6.45) is 10.6. The fourth-order valence-corrected chi connectivity index (χ4v) is 3.79. The zero-order valence-electron chi connectivity index (χ0n) is 12.7. The molecule has 3 heterocycles. The fourth-order valence-electron chi connectivity index (χ4n) is 3.79. The molecule has 6 nitrogen and oxygen atoms in total. The maximum absolute atomic E-state index is 6.42. The van der Waals surface area contributed by atoms with E-state index in [0.717, 1.165) is 12.1 Å². The van der Waals surface area contributed by atoms with Crippen LogP contribution in [-0.4, -0.2) is 36.9 Å². The van der Waals surface area contributed by atoms with Crippen LogP contribution < -0.4 is 0 Å². The summed E-state index contributed by atoms with van der Waals surface area (Å²) in [4.78, 5) is 4.34. The molecule has 6 heteroatoms. The predicted molar refractivity (Wildman–Crippen MR) is 81.0 cm³/mol. The van der Waals surface area contributed by atoms with Crippen molar-refractivity contribution in [3.8, 4) is 11.5 Å². The Labute approximate surface area is 129 Å². The maximum atomic E-state index is 6.42. The van der Waals surface area contributed by atoms with Crippen molar-refractivity contribution in [2.75, 3.05) is 0 Å². The second-order valence-corrected chi connectivity index (χ2v) is 6.42. The molecule has 1 saturated heterocycles. The Bertz CT molecular complexity index is 620. The highest BCUT2D eigenvalue weighted by molar-refractivity contribution is 5.47. The Kier molecular flexibility index (Phi) is 3.62. The third-order valence-electron chi connectivity index (χ3n) is 4.91. The number of hydrogen-bond donors (Lipinski definition) is 0. The van der Waals surface area contributed by atoms with Crippen molar-refractivity contribution in [1.82, 2.24) is 25.2 Å². The van der Waals surface area contributed by atoms with E-state index in [1.807, 2.05) is 22.9 Å². The Morgan fingerprint density at radius 2 is 2.09 bits per heavy atom. The smallest absolute Gasteiger partial charge is 0.200 e. The van der Waals surface area contributed by atoms with Crippen molar-refractivity contribution < 1.29 is 4.74 Å². The van der Waals surface area contributed by atoms with Gasteiger partial charge >= 0.3 is 0 Å². The van der Waals surface area contributed by atoms with E-state index in [1.165, 1.54) is 38.5 Å². The molecule has 2 aliphatic rings. The molecule has 4 rings (SSSR count). The van der Waals surface area contributed by atoms with Crippen LogP contribution in [0.1, 0.15) is 44.9 Å². The molecule has 2 aromatic heterocycles. The normalized spacial score (nSPS) is 23.9. The summed E-state index contributed by atoms with van der Waals surface area (Å²) in [5.41, 5.74) is 0.945. The number of pyridine rings is 1. The summed E-state index contributed by atoms with van der Waals surface area (Å²) in [7, 11) is 0. The van der Waals surface area contributed by atoms with Gasteiger partial charge in [-0.25, -0.2) is 4.68 Å². The van der Waals surface area contributed by atoms with Crippen LogP contribution in [0.2, 0.25) is 0 Å². The predicted octanol–water partition coefficient (Wildman–Crippen LogP) is 2.62. The number of ether oxygens (including phenoxy) is 1. The van der Waals surface area contributed by atoms with Crippen molar-refractivity contribution in [2.24, 2.45) is 0 Å². The lowest BCUT2D eigenvalue weighted by Gasteiger charge is -2.33. The van der Waals surface area contributed by atoms with E-state index in [0.29, 0.717) is 12.4 Å². The highest BCUT2D eigenvalue weighted by Crippen LogP contribution is 2.42. The molecule has 2 aromatic rings. The van der Waals surface area contributed by atoms with Crippen molar-refractivity contribution in [3.05, 3.63) is 24.4 Å². The molecule has 0 radical (unpaired) electrons. The van der Waals surface area contributed by atoms with Crippen molar-refractivity contribution >= 4 is 0 Å². The van der Waals surface area contributed by atoms with Gasteiger partial charge in [0.15, 0.2) is 0 Å². The minimum atomic E-state index is 0.141. The first-order valence-corrected chi connectivity index (χ1v) is 8.20. The summed E-state index contributed by atoms with van der Waals surface area (Å²) >= 11 is 0. The van der Waals surface area contributed by atoms with Gasteiger partial charge < -0.3 is 4.74 Å². The van der Waals surface area contributed by atoms with Crippen LogP contribution in [0.4, 0.5) is 0 Å². The Morgan fingerprint density at radius 1 is 1.18 bits per heavy atom. The molecule has 1 aliphatic carbocycles. The zero-order chi connectivity index (χ0) is 14.8. The lowest BCUT2D eigenvalue weighted by Crippen LogP contribution is -2.32. The van der Waals surface area contributed by atoms with E-state index in [4.69, 9.17) is 4.74 Å². The second kappa shape index (κ2) is 5.76. The number of aromatic nitrogens is 5. The number of tetrazole rings is 1. The molecule has 1 aliphatic heterocycles. The molecular weight excluding hydrogens is 278 g/mol. The van der Waals surface area contributed by atoms with Gasteiger partial charge in [-0.1, -0.05) is 25.3 Å². The minimum absolute atomic E-state index is 0.141. The quantitative estimate of drug-likeness (QED) is 0.871. The van der Waals surface area contributed by atoms with E-state index in [-0.39, 0.29) is 11.7 Å². The number of hydrogen-bond acceptors (Lipinski definition) is 5. The number of rotatable bonds is 3. The van der Waals surface area contributed by atoms with Crippen LogP contribution in [0.25, 0.3) is 11.5 Å². The first-order valence-electron chi connectivity index (χ1n) is 8.20. The van der Waals surface area contributed by atoms with Crippen molar-refractivity contribution in [2.45, 2.75) is 63.2 Å². The Morgan fingerprint density at radius 3 is 2.91 bits per heavy atom. The van der Waals surface area contributed by atoms with Gasteiger partial charge in [-0.15, -0.1) is 5.10 Å². The molecule has 0 N–H and O–H groups in total. The van der Waals surface area contributed by atoms with Gasteiger partial charge in [0, 0.05) is 6.20 Å².